The molecule has 2 saturated heterocycles. The van der Waals surface area contributed by atoms with Crippen molar-refractivity contribution < 1.29 is 124 Å². The van der Waals surface area contributed by atoms with Gasteiger partial charge in [0.2, 0.25) is 0 Å². The lowest BCUT2D eigenvalue weighted by Crippen LogP contribution is -2.65. The van der Waals surface area contributed by atoms with Crippen molar-refractivity contribution in [3.05, 3.63) is 60.8 Å². The average Bonchev–Trinajstić information content (AvgIpc) is 0.788. The topological polar surface area (TPSA) is 326 Å². The Morgan fingerprint density at radius 2 is 0.811 bits per heavy atom. The number of unbranched alkanes of at least 4 members (excludes halogenated alkanes) is 13. The normalized spacial score (nSPS) is 22.1. The molecule has 26 nitrogen and oxygen atoms in total. The third kappa shape index (κ3) is 38.1. The summed E-state index contributed by atoms with van der Waals surface area (Å²) in [5.41, 5.74) is 0. The molecule has 0 spiro atoms. The predicted molar refractivity (Wildman–Crippen MR) is 341 cm³/mol. The second kappa shape index (κ2) is 49.3. The van der Waals surface area contributed by atoms with E-state index in [1.807, 2.05) is 43.4 Å². The number of hydrogen-bond donors (Lipinski definition) is 0. The maximum absolute atomic E-state index is 13.5. The van der Waals surface area contributed by atoms with Crippen LogP contribution in [0.4, 0.5) is 0 Å². The number of carbonyl (C=O) groups excluding carboxylic acids is 11. The van der Waals surface area contributed by atoms with Gasteiger partial charge in [-0.15, -0.1) is 0 Å². The molecule has 536 valence electrons. The molecule has 2 aliphatic rings. The van der Waals surface area contributed by atoms with E-state index in [2.05, 4.69) is 6.92 Å². The molecule has 0 radical (unpaired) electrons. The lowest BCUT2D eigenvalue weighted by molar-refractivity contribution is -0.336. The van der Waals surface area contributed by atoms with Crippen LogP contribution in [0.15, 0.2) is 60.8 Å². The van der Waals surface area contributed by atoms with Crippen molar-refractivity contribution >= 4 is 65.7 Å². The smallest absolute Gasteiger partial charge is 0.306 e. The molecule has 2 fully saturated rings. The van der Waals surface area contributed by atoms with Crippen LogP contribution in [-0.2, 0) is 124 Å². The molecule has 0 bridgehead atoms. The van der Waals surface area contributed by atoms with Crippen LogP contribution in [0.5, 0.6) is 0 Å². The molecule has 2 rings (SSSR count). The molecule has 0 aromatic carbocycles. The summed E-state index contributed by atoms with van der Waals surface area (Å²) in [6, 6.07) is 0. The van der Waals surface area contributed by atoms with Gasteiger partial charge >= 0.3 is 65.7 Å². The van der Waals surface area contributed by atoms with Crippen molar-refractivity contribution in [1.82, 2.24) is 0 Å². The lowest BCUT2D eigenvalue weighted by Gasteiger charge is -2.46. The van der Waals surface area contributed by atoms with E-state index in [0.717, 1.165) is 87.0 Å². The Bertz CT molecular complexity index is 2520. The highest BCUT2D eigenvalue weighted by atomic mass is 16.8. The second-order valence-corrected chi connectivity index (χ2v) is 22.9. The quantitative estimate of drug-likeness (QED) is 0.0180. The summed E-state index contributed by atoms with van der Waals surface area (Å²) in [6.07, 6.45) is 15.7. The van der Waals surface area contributed by atoms with Crippen LogP contribution in [0, 0.1) is 0 Å². The molecule has 95 heavy (non-hydrogen) atoms. The van der Waals surface area contributed by atoms with E-state index in [4.69, 9.17) is 71.1 Å². The number of carbonyl (C=O) groups is 11. The zero-order chi connectivity index (χ0) is 70.5. The minimum absolute atomic E-state index is 0.0215. The van der Waals surface area contributed by atoms with E-state index >= 15 is 0 Å². The zero-order valence-electron chi connectivity index (χ0n) is 57.4. The molecule has 13 atom stereocenters. The van der Waals surface area contributed by atoms with Crippen LogP contribution < -0.4 is 0 Å². The van der Waals surface area contributed by atoms with Gasteiger partial charge in [0.1, 0.15) is 25.4 Å². The van der Waals surface area contributed by atoms with Gasteiger partial charge in [0.25, 0.3) is 0 Å². The first-order valence-electron chi connectivity index (χ1n) is 33.1. The Balaban J connectivity index is 2.40. The van der Waals surface area contributed by atoms with Crippen LogP contribution in [0.1, 0.15) is 205 Å². The van der Waals surface area contributed by atoms with Crippen LogP contribution >= 0.6 is 0 Å². The highest BCUT2D eigenvalue weighted by Crippen LogP contribution is 2.34. The average molecular weight is 1350 g/mol. The Morgan fingerprint density at radius 1 is 0.368 bits per heavy atom. The molecular formula is C69H104O26. The van der Waals surface area contributed by atoms with E-state index in [1.165, 1.54) is 58.8 Å². The highest BCUT2D eigenvalue weighted by molar-refractivity contribution is 5.72. The first-order valence-corrected chi connectivity index (χ1v) is 33.1. The van der Waals surface area contributed by atoms with Gasteiger partial charge in [-0.25, -0.2) is 0 Å². The zero-order valence-corrected chi connectivity index (χ0v) is 57.4. The Kier molecular flexibility index (Phi) is 43.5. The molecule has 0 amide bonds. The fourth-order valence-corrected chi connectivity index (χ4v) is 10.1. The van der Waals surface area contributed by atoms with E-state index in [1.54, 1.807) is 24.3 Å². The van der Waals surface area contributed by atoms with Gasteiger partial charge in [-0.05, 0) is 50.7 Å². The molecule has 2 heterocycles. The molecule has 0 aliphatic carbocycles. The molecule has 2 aliphatic heterocycles. The fraction of sp³-hybridized carbons (Fsp3) is 0.696. The van der Waals surface area contributed by atoms with E-state index in [0.29, 0.717) is 32.1 Å². The summed E-state index contributed by atoms with van der Waals surface area (Å²) in [5, 5.41) is 0. The van der Waals surface area contributed by atoms with Gasteiger partial charge in [0, 0.05) is 75.2 Å². The molecule has 0 aromatic rings. The fourth-order valence-electron chi connectivity index (χ4n) is 10.1. The van der Waals surface area contributed by atoms with Crippen molar-refractivity contribution in [3.8, 4) is 0 Å². The van der Waals surface area contributed by atoms with Crippen molar-refractivity contribution in [2.45, 2.75) is 284 Å². The van der Waals surface area contributed by atoms with Gasteiger partial charge in [0.15, 0.2) is 67.5 Å². The van der Waals surface area contributed by atoms with Crippen LogP contribution in [-0.4, -0.2) is 172 Å². The van der Waals surface area contributed by atoms with Gasteiger partial charge < -0.3 is 71.1 Å². The lowest BCUT2D eigenvalue weighted by atomic mass is 9.97. The third-order valence-electron chi connectivity index (χ3n) is 14.2. The van der Waals surface area contributed by atoms with Crippen LogP contribution in [0.25, 0.3) is 0 Å². The number of ether oxygens (including phenoxy) is 15. The van der Waals surface area contributed by atoms with E-state index in [9.17, 15) is 52.7 Å². The number of rotatable bonds is 46. The molecule has 1 unspecified atom stereocenters. The predicted octanol–water partition coefficient (Wildman–Crippen LogP) is 9.56. The monoisotopic (exact) mass is 1350 g/mol. The summed E-state index contributed by atoms with van der Waals surface area (Å²) in [4.78, 5) is 139. The summed E-state index contributed by atoms with van der Waals surface area (Å²) in [6.45, 7) is 11.6. The maximum Gasteiger partial charge on any atom is 0.306 e. The highest BCUT2D eigenvalue weighted by Gasteiger charge is 2.56. The van der Waals surface area contributed by atoms with Crippen LogP contribution in [0.2, 0.25) is 0 Å². The van der Waals surface area contributed by atoms with Gasteiger partial charge in [0.05, 0.1) is 13.2 Å². The largest absolute Gasteiger partial charge is 0.463 e. The first-order chi connectivity index (χ1) is 45.3. The van der Waals surface area contributed by atoms with Crippen molar-refractivity contribution in [2.24, 2.45) is 0 Å². The van der Waals surface area contributed by atoms with E-state index < -0.39 is 172 Å². The standard InChI is InChI=1S/C69H104O26/c1-12-14-16-18-19-20-21-22-23-24-29-33-37-41-61(80)93-55(42-82-60(79)40-36-32-28-26-25-27-31-35-39-57(86-48(5)72)56(85-47(4)71)38-34-30-17-15-13-2)43-83-68-66(91-53(10)77)65(90-52(9)76)63(88-50(7)74)59(95-68)45-84-69-67(92-54(11)78)64(89-51(8)75)62(87-49(6)73)58(94-69)44-81-46(3)70/h15,17,26-28,31,34-35,38-39,55-59,62-69H,12-14,16,18-25,29-30,32-33,36-37,40-45H2,1-11H3/b17-15-,28-26-,31-27-,38-34-,39-35+/t55?,56-,57+,58+,59+,62-,63-,64-,65-,66+,67+,68+,69-/m0/s1. The molecule has 0 saturated carbocycles. The van der Waals surface area contributed by atoms with Gasteiger partial charge in [-0.2, -0.15) is 0 Å². The summed E-state index contributed by atoms with van der Waals surface area (Å²) in [7, 11) is 0. The third-order valence-corrected chi connectivity index (χ3v) is 14.2. The number of esters is 11. The molecule has 0 aromatic heterocycles. The van der Waals surface area contributed by atoms with Crippen molar-refractivity contribution in [2.75, 3.05) is 26.4 Å². The van der Waals surface area contributed by atoms with Crippen molar-refractivity contribution in [1.29, 1.82) is 0 Å². The molecular weight excluding hydrogens is 1240 g/mol. The van der Waals surface area contributed by atoms with Gasteiger partial charge in [-0.1, -0.05) is 140 Å². The molecule has 26 heteroatoms. The maximum atomic E-state index is 13.5. The summed E-state index contributed by atoms with van der Waals surface area (Å²) in [5.74, 6) is -8.64. The minimum atomic E-state index is -1.77. The Morgan fingerprint density at radius 3 is 1.31 bits per heavy atom. The number of hydrogen-bond acceptors (Lipinski definition) is 26. The second-order valence-electron chi connectivity index (χ2n) is 22.9. The van der Waals surface area contributed by atoms with Crippen molar-refractivity contribution in [3.63, 3.8) is 0 Å². The van der Waals surface area contributed by atoms with Crippen LogP contribution in [0.3, 0.4) is 0 Å². The number of allylic oxidation sites excluding steroid dienone is 8. The molecule has 0 N–H and O–H groups in total. The van der Waals surface area contributed by atoms with Gasteiger partial charge in [-0.3, -0.25) is 52.7 Å². The summed E-state index contributed by atoms with van der Waals surface area (Å²) >= 11 is 0. The Hall–Kier alpha value is -7.29. The summed E-state index contributed by atoms with van der Waals surface area (Å²) < 4.78 is 85.9. The first kappa shape index (κ1) is 83.8. The Labute approximate surface area is 559 Å². The SMILES string of the molecule is CC/C=C\C/C=C\[C@H](OC(C)=O)[C@@H](/C=C/C=C\C/C=C\CCCC(=O)OCC(CO[C@@H]1O[C@H](CO[C@H]2O[C@H](COC(C)=O)[C@H](OC(C)=O)[C@H](OC(C)=O)[C@H]2OC(C)=O)[C@H](OC(C)=O)[C@H](OC(C)=O)[C@H]1OC(C)=O)OC(=O)CCCCCCCCCCCCCCC)OC(C)=O. The minimum Gasteiger partial charge on any atom is -0.463 e. The van der Waals surface area contributed by atoms with E-state index in [-0.39, 0.29) is 12.8 Å².